The molecule has 0 amide bonds. The first kappa shape index (κ1) is 11.7. The number of hydrogen-bond acceptors (Lipinski definition) is 2. The van der Waals surface area contributed by atoms with E-state index in [1.54, 1.807) is 5.01 Å². The maximum absolute atomic E-state index is 4.19. The molecule has 1 aromatic rings. The van der Waals surface area contributed by atoms with E-state index in [1.807, 2.05) is 20.3 Å². The van der Waals surface area contributed by atoms with Gasteiger partial charge in [-0.25, -0.2) is 0 Å². The van der Waals surface area contributed by atoms with E-state index in [0.717, 1.165) is 10.0 Å². The van der Waals surface area contributed by atoms with Gasteiger partial charge in [-0.1, -0.05) is 0 Å². The van der Waals surface area contributed by atoms with Crippen LogP contribution in [-0.4, -0.2) is 46.5 Å². The standard InChI is InChI=1S/C12H20N3/c1-14(2)13-10-11-6-8-12(9-7-11)15(3,4)5/h6-10H,1-5H3/q+1/b13-10+. The van der Waals surface area contributed by atoms with E-state index in [-0.39, 0.29) is 0 Å². The highest BCUT2D eigenvalue weighted by Crippen LogP contribution is 2.16. The van der Waals surface area contributed by atoms with Gasteiger partial charge in [0.1, 0.15) is 5.69 Å². The molecule has 0 spiro atoms. The molecule has 0 aliphatic carbocycles. The van der Waals surface area contributed by atoms with E-state index in [0.29, 0.717) is 0 Å². The molecule has 0 bridgehead atoms. The molecule has 0 atom stereocenters. The van der Waals surface area contributed by atoms with Crippen molar-refractivity contribution < 1.29 is 0 Å². The summed E-state index contributed by atoms with van der Waals surface area (Å²) >= 11 is 0. The van der Waals surface area contributed by atoms with Crippen LogP contribution in [-0.2, 0) is 0 Å². The second kappa shape index (κ2) is 4.45. The van der Waals surface area contributed by atoms with Crippen LogP contribution in [0.4, 0.5) is 5.69 Å². The van der Waals surface area contributed by atoms with Gasteiger partial charge in [0.2, 0.25) is 0 Å². The molecule has 82 valence electrons. The molecule has 0 aliphatic rings. The zero-order chi connectivity index (χ0) is 11.5. The number of nitrogens with zero attached hydrogens (tertiary/aromatic N) is 3. The van der Waals surface area contributed by atoms with E-state index in [9.17, 15) is 0 Å². The molecule has 0 fully saturated rings. The fourth-order valence-electron chi connectivity index (χ4n) is 1.19. The van der Waals surface area contributed by atoms with Gasteiger partial charge in [-0.2, -0.15) is 5.10 Å². The summed E-state index contributed by atoms with van der Waals surface area (Å²) in [5, 5.41) is 5.98. The summed E-state index contributed by atoms with van der Waals surface area (Å²) < 4.78 is 0.838. The number of quaternary nitrogens is 1. The molecule has 0 saturated heterocycles. The lowest BCUT2D eigenvalue weighted by molar-refractivity contribution is 0.440. The third-order valence-corrected chi connectivity index (χ3v) is 2.11. The van der Waals surface area contributed by atoms with Crippen molar-refractivity contribution in [2.45, 2.75) is 0 Å². The van der Waals surface area contributed by atoms with Crippen molar-refractivity contribution in [1.82, 2.24) is 9.49 Å². The number of hydrogen-bond donors (Lipinski definition) is 0. The molecule has 3 heteroatoms. The summed E-state index contributed by atoms with van der Waals surface area (Å²) in [4.78, 5) is 0. The van der Waals surface area contributed by atoms with Crippen LogP contribution in [0, 0.1) is 0 Å². The van der Waals surface area contributed by atoms with E-state index in [1.165, 1.54) is 5.69 Å². The van der Waals surface area contributed by atoms with Crippen LogP contribution >= 0.6 is 0 Å². The van der Waals surface area contributed by atoms with Gasteiger partial charge >= 0.3 is 0 Å². The van der Waals surface area contributed by atoms with Crippen molar-refractivity contribution in [3.63, 3.8) is 0 Å². The molecule has 0 heterocycles. The molecule has 1 rings (SSSR count). The molecule has 0 N–H and O–H groups in total. The SMILES string of the molecule is CN(C)/N=C/c1ccc([N+](C)(C)C)cc1. The summed E-state index contributed by atoms with van der Waals surface area (Å²) in [6.07, 6.45) is 1.86. The molecule has 0 unspecified atom stereocenters. The third-order valence-electron chi connectivity index (χ3n) is 2.11. The predicted octanol–water partition coefficient (Wildman–Crippen LogP) is 1.78. The molecule has 0 radical (unpaired) electrons. The lowest BCUT2D eigenvalue weighted by Gasteiger charge is -2.23. The molecule has 0 saturated carbocycles. The highest BCUT2D eigenvalue weighted by molar-refractivity contribution is 5.79. The van der Waals surface area contributed by atoms with Gasteiger partial charge in [-0.3, -0.25) is 4.48 Å². The van der Waals surface area contributed by atoms with Crippen LogP contribution < -0.4 is 4.48 Å². The Morgan fingerprint density at radius 2 is 1.60 bits per heavy atom. The second-order valence-corrected chi connectivity index (χ2v) is 4.70. The number of benzene rings is 1. The molecular weight excluding hydrogens is 186 g/mol. The minimum atomic E-state index is 0.838. The van der Waals surface area contributed by atoms with Crippen LogP contribution in [0.5, 0.6) is 0 Å². The summed E-state index contributed by atoms with van der Waals surface area (Å²) in [5.41, 5.74) is 2.41. The Hall–Kier alpha value is -1.35. The highest BCUT2D eigenvalue weighted by atomic mass is 15.4. The Morgan fingerprint density at radius 1 is 1.07 bits per heavy atom. The van der Waals surface area contributed by atoms with Gasteiger partial charge in [0.05, 0.1) is 27.4 Å². The smallest absolute Gasteiger partial charge is 0.132 e. The van der Waals surface area contributed by atoms with Crippen LogP contribution in [0.3, 0.4) is 0 Å². The van der Waals surface area contributed by atoms with Crippen LogP contribution in [0.25, 0.3) is 0 Å². The molecular formula is C12H20N3+. The van der Waals surface area contributed by atoms with Crippen LogP contribution in [0.1, 0.15) is 5.56 Å². The highest BCUT2D eigenvalue weighted by Gasteiger charge is 2.10. The fraction of sp³-hybridized carbons (Fsp3) is 0.417. The third kappa shape index (κ3) is 3.72. The predicted molar refractivity (Wildman–Crippen MR) is 67.3 cm³/mol. The van der Waals surface area contributed by atoms with E-state index in [2.05, 4.69) is 50.5 Å². The summed E-state index contributed by atoms with van der Waals surface area (Å²) in [6.45, 7) is 0. The topological polar surface area (TPSA) is 15.6 Å². The molecule has 0 aromatic heterocycles. The maximum Gasteiger partial charge on any atom is 0.132 e. The number of hydrazone groups is 1. The van der Waals surface area contributed by atoms with Crippen molar-refractivity contribution in [1.29, 1.82) is 0 Å². The number of rotatable bonds is 3. The first-order chi connectivity index (χ1) is 6.89. The fourth-order valence-corrected chi connectivity index (χ4v) is 1.19. The quantitative estimate of drug-likeness (QED) is 0.418. The molecule has 0 aliphatic heterocycles. The normalized spacial score (nSPS) is 12.1. The van der Waals surface area contributed by atoms with E-state index in [4.69, 9.17) is 0 Å². The average molecular weight is 206 g/mol. The minimum absolute atomic E-state index is 0.838. The Kier molecular flexibility index (Phi) is 3.48. The first-order valence-corrected chi connectivity index (χ1v) is 5.03. The lowest BCUT2D eigenvalue weighted by atomic mass is 10.2. The second-order valence-electron chi connectivity index (χ2n) is 4.70. The van der Waals surface area contributed by atoms with Gasteiger partial charge in [-0.15, -0.1) is 0 Å². The van der Waals surface area contributed by atoms with Crippen LogP contribution in [0.15, 0.2) is 29.4 Å². The van der Waals surface area contributed by atoms with Gasteiger partial charge < -0.3 is 5.01 Å². The van der Waals surface area contributed by atoms with Gasteiger partial charge in [0.25, 0.3) is 0 Å². The molecule has 15 heavy (non-hydrogen) atoms. The van der Waals surface area contributed by atoms with Gasteiger partial charge in [0, 0.05) is 14.1 Å². The lowest BCUT2D eigenvalue weighted by Crippen LogP contribution is -2.34. The van der Waals surface area contributed by atoms with Crippen molar-refractivity contribution in [3.05, 3.63) is 29.8 Å². The van der Waals surface area contributed by atoms with Crippen molar-refractivity contribution >= 4 is 11.9 Å². The molecule has 3 nitrogen and oxygen atoms in total. The van der Waals surface area contributed by atoms with Crippen molar-refractivity contribution in [2.75, 3.05) is 35.2 Å². The van der Waals surface area contributed by atoms with Gasteiger partial charge in [-0.05, 0) is 29.8 Å². The summed E-state index contributed by atoms with van der Waals surface area (Å²) in [7, 11) is 10.3. The van der Waals surface area contributed by atoms with Gasteiger partial charge in [0.15, 0.2) is 0 Å². The van der Waals surface area contributed by atoms with Crippen molar-refractivity contribution in [2.24, 2.45) is 5.10 Å². The Labute approximate surface area is 92.2 Å². The monoisotopic (exact) mass is 206 g/mol. The maximum atomic E-state index is 4.19. The van der Waals surface area contributed by atoms with E-state index < -0.39 is 0 Å². The van der Waals surface area contributed by atoms with Crippen molar-refractivity contribution in [3.8, 4) is 0 Å². The summed E-state index contributed by atoms with van der Waals surface area (Å²) in [6, 6.07) is 8.45. The molecule has 1 aromatic carbocycles. The Morgan fingerprint density at radius 3 is 2.00 bits per heavy atom. The summed E-state index contributed by atoms with van der Waals surface area (Å²) in [5.74, 6) is 0. The zero-order valence-electron chi connectivity index (χ0n) is 10.2. The van der Waals surface area contributed by atoms with E-state index >= 15 is 0 Å². The largest absolute Gasteiger partial charge is 0.303 e. The minimum Gasteiger partial charge on any atom is -0.303 e. The Balaban J connectivity index is 2.82. The Bertz CT molecular complexity index is 331. The zero-order valence-corrected chi connectivity index (χ0v) is 10.2. The van der Waals surface area contributed by atoms with Crippen LogP contribution in [0.2, 0.25) is 0 Å². The first-order valence-electron chi connectivity index (χ1n) is 5.03. The average Bonchev–Trinajstić information content (AvgIpc) is 2.14.